The van der Waals surface area contributed by atoms with Crippen molar-refractivity contribution in [2.75, 3.05) is 46.0 Å². The lowest BCUT2D eigenvalue weighted by Gasteiger charge is -2.25. The van der Waals surface area contributed by atoms with Gasteiger partial charge in [-0.15, -0.1) is 0 Å². The number of guanidine groups is 1. The number of hydrogen-bond donors (Lipinski definition) is 1. The van der Waals surface area contributed by atoms with Crippen LogP contribution in [0.25, 0.3) is 0 Å². The smallest absolute Gasteiger partial charge is 0.193 e. The number of ether oxygens (including phenoxy) is 2. The maximum absolute atomic E-state index is 5.78. The van der Waals surface area contributed by atoms with Gasteiger partial charge in [0.1, 0.15) is 5.75 Å². The van der Waals surface area contributed by atoms with Gasteiger partial charge < -0.3 is 19.7 Å². The van der Waals surface area contributed by atoms with Gasteiger partial charge in [-0.3, -0.25) is 4.99 Å². The standard InChI is InChI=1S/C20H31N3O2/c1-3-21-19(23-12-9-20(15-23)10-14-24-16-20)22-11-4-13-25-18-7-5-17(2)6-8-18/h5-8H,3-4,9-16H2,1-2H3,(H,21,22). The number of rotatable bonds is 6. The summed E-state index contributed by atoms with van der Waals surface area (Å²) in [4.78, 5) is 7.21. The van der Waals surface area contributed by atoms with Crippen molar-refractivity contribution in [2.45, 2.75) is 33.1 Å². The summed E-state index contributed by atoms with van der Waals surface area (Å²) in [7, 11) is 0. The first kappa shape index (κ1) is 18.1. The molecule has 2 heterocycles. The van der Waals surface area contributed by atoms with Crippen LogP contribution in [0.3, 0.4) is 0 Å². The van der Waals surface area contributed by atoms with Gasteiger partial charge in [0, 0.05) is 44.6 Å². The molecule has 2 fully saturated rings. The van der Waals surface area contributed by atoms with Crippen molar-refractivity contribution < 1.29 is 9.47 Å². The Morgan fingerprint density at radius 2 is 2.16 bits per heavy atom. The van der Waals surface area contributed by atoms with E-state index < -0.39 is 0 Å². The molecule has 25 heavy (non-hydrogen) atoms. The zero-order chi connectivity index (χ0) is 17.5. The maximum Gasteiger partial charge on any atom is 0.193 e. The molecule has 0 aromatic heterocycles. The van der Waals surface area contributed by atoms with E-state index in [0.29, 0.717) is 12.0 Å². The number of aryl methyl sites for hydroxylation is 1. The van der Waals surface area contributed by atoms with E-state index in [1.54, 1.807) is 0 Å². The van der Waals surface area contributed by atoms with Crippen LogP contribution >= 0.6 is 0 Å². The lowest BCUT2D eigenvalue weighted by Crippen LogP contribution is -2.41. The largest absolute Gasteiger partial charge is 0.494 e. The van der Waals surface area contributed by atoms with Gasteiger partial charge in [0.2, 0.25) is 0 Å². The van der Waals surface area contributed by atoms with E-state index in [2.05, 4.69) is 36.2 Å². The lowest BCUT2D eigenvalue weighted by molar-refractivity contribution is 0.156. The van der Waals surface area contributed by atoms with E-state index in [0.717, 1.165) is 57.5 Å². The molecule has 138 valence electrons. The number of nitrogens with zero attached hydrogens (tertiary/aromatic N) is 2. The molecule has 0 aliphatic carbocycles. The monoisotopic (exact) mass is 345 g/mol. The Hall–Kier alpha value is -1.75. The van der Waals surface area contributed by atoms with Crippen molar-refractivity contribution in [3.63, 3.8) is 0 Å². The molecule has 2 aliphatic rings. The highest BCUT2D eigenvalue weighted by Gasteiger charge is 2.42. The van der Waals surface area contributed by atoms with Gasteiger partial charge in [0.25, 0.3) is 0 Å². The Bertz CT molecular complexity index is 565. The summed E-state index contributed by atoms with van der Waals surface area (Å²) in [6.07, 6.45) is 3.33. The highest BCUT2D eigenvalue weighted by Crippen LogP contribution is 2.38. The van der Waals surface area contributed by atoms with Crippen LogP contribution in [0.4, 0.5) is 0 Å². The quantitative estimate of drug-likeness (QED) is 0.489. The molecule has 0 saturated carbocycles. The highest BCUT2D eigenvalue weighted by molar-refractivity contribution is 5.80. The average molecular weight is 345 g/mol. The SMILES string of the molecule is CCNC(=NCCCOc1ccc(C)cc1)N1CCC2(CCOC2)C1. The van der Waals surface area contributed by atoms with Gasteiger partial charge in [-0.05, 0) is 38.8 Å². The van der Waals surface area contributed by atoms with Crippen molar-refractivity contribution in [1.82, 2.24) is 10.2 Å². The molecule has 0 bridgehead atoms. The lowest BCUT2D eigenvalue weighted by atomic mass is 9.87. The van der Waals surface area contributed by atoms with Crippen LogP contribution in [0.15, 0.2) is 29.3 Å². The van der Waals surface area contributed by atoms with E-state index in [-0.39, 0.29) is 0 Å². The van der Waals surface area contributed by atoms with Crippen molar-refractivity contribution in [3.8, 4) is 5.75 Å². The summed E-state index contributed by atoms with van der Waals surface area (Å²) in [6, 6.07) is 8.20. The first-order valence-electron chi connectivity index (χ1n) is 9.51. The van der Waals surface area contributed by atoms with Crippen LogP contribution in [0.5, 0.6) is 5.75 Å². The summed E-state index contributed by atoms with van der Waals surface area (Å²) >= 11 is 0. The summed E-state index contributed by atoms with van der Waals surface area (Å²) < 4.78 is 11.4. The van der Waals surface area contributed by atoms with Crippen LogP contribution in [0.1, 0.15) is 31.7 Å². The Labute approximate surface area is 151 Å². The predicted molar refractivity (Wildman–Crippen MR) is 101 cm³/mol. The molecule has 3 rings (SSSR count). The predicted octanol–water partition coefficient (Wildman–Crippen LogP) is 2.84. The van der Waals surface area contributed by atoms with Crippen LogP contribution in [-0.4, -0.2) is 56.9 Å². The fourth-order valence-electron chi connectivity index (χ4n) is 3.59. The molecule has 0 amide bonds. The van der Waals surface area contributed by atoms with E-state index in [9.17, 15) is 0 Å². The summed E-state index contributed by atoms with van der Waals surface area (Å²) in [6.45, 7) is 10.6. The van der Waals surface area contributed by atoms with Gasteiger partial charge in [-0.2, -0.15) is 0 Å². The number of nitrogens with one attached hydrogen (secondary N) is 1. The summed E-state index contributed by atoms with van der Waals surface area (Å²) in [5.41, 5.74) is 1.62. The number of benzene rings is 1. The molecule has 1 aromatic rings. The number of aliphatic imine (C=N–C) groups is 1. The first-order chi connectivity index (χ1) is 12.2. The fourth-order valence-corrected chi connectivity index (χ4v) is 3.59. The molecule has 5 nitrogen and oxygen atoms in total. The van der Waals surface area contributed by atoms with Gasteiger partial charge in [-0.25, -0.2) is 0 Å². The average Bonchev–Trinajstić information content (AvgIpc) is 3.25. The van der Waals surface area contributed by atoms with Crippen molar-refractivity contribution >= 4 is 5.96 Å². The fraction of sp³-hybridized carbons (Fsp3) is 0.650. The third-order valence-corrected chi connectivity index (χ3v) is 5.11. The molecule has 5 heteroatoms. The Balaban J connectivity index is 1.45. The van der Waals surface area contributed by atoms with Crippen molar-refractivity contribution in [2.24, 2.45) is 10.4 Å². The maximum atomic E-state index is 5.78. The minimum absolute atomic E-state index is 0.366. The van der Waals surface area contributed by atoms with Gasteiger partial charge in [0.05, 0.1) is 13.2 Å². The molecule has 1 aromatic carbocycles. The molecule has 1 spiro atoms. The Morgan fingerprint density at radius 1 is 1.32 bits per heavy atom. The van der Waals surface area contributed by atoms with Gasteiger partial charge in [0.15, 0.2) is 5.96 Å². The summed E-state index contributed by atoms with van der Waals surface area (Å²) in [5, 5.41) is 3.44. The normalized spacial score (nSPS) is 23.4. The van der Waals surface area contributed by atoms with Crippen LogP contribution < -0.4 is 10.1 Å². The molecule has 0 radical (unpaired) electrons. The van der Waals surface area contributed by atoms with Crippen LogP contribution in [0, 0.1) is 12.3 Å². The van der Waals surface area contributed by atoms with E-state index in [1.165, 1.54) is 18.4 Å². The molecule has 2 aliphatic heterocycles. The van der Waals surface area contributed by atoms with Crippen LogP contribution in [-0.2, 0) is 4.74 Å². The Morgan fingerprint density at radius 3 is 2.88 bits per heavy atom. The highest BCUT2D eigenvalue weighted by atomic mass is 16.5. The second kappa shape index (κ2) is 8.56. The second-order valence-electron chi connectivity index (χ2n) is 7.22. The first-order valence-corrected chi connectivity index (χ1v) is 9.51. The minimum atomic E-state index is 0.366. The second-order valence-corrected chi connectivity index (χ2v) is 7.22. The zero-order valence-electron chi connectivity index (χ0n) is 15.6. The number of hydrogen-bond acceptors (Lipinski definition) is 3. The van der Waals surface area contributed by atoms with E-state index >= 15 is 0 Å². The molecular weight excluding hydrogens is 314 g/mol. The molecule has 1 atom stereocenters. The molecule has 1 unspecified atom stereocenters. The third kappa shape index (κ3) is 4.88. The van der Waals surface area contributed by atoms with Crippen molar-refractivity contribution in [1.29, 1.82) is 0 Å². The minimum Gasteiger partial charge on any atom is -0.494 e. The number of likely N-dealkylation sites (tertiary alicyclic amines) is 1. The van der Waals surface area contributed by atoms with Crippen molar-refractivity contribution in [3.05, 3.63) is 29.8 Å². The Kier molecular flexibility index (Phi) is 6.19. The topological polar surface area (TPSA) is 46.1 Å². The molecule has 2 saturated heterocycles. The van der Waals surface area contributed by atoms with E-state index in [1.807, 2.05) is 12.1 Å². The summed E-state index contributed by atoms with van der Waals surface area (Å²) in [5.74, 6) is 1.98. The van der Waals surface area contributed by atoms with E-state index in [4.69, 9.17) is 14.5 Å². The molecular formula is C20H31N3O2. The van der Waals surface area contributed by atoms with Gasteiger partial charge >= 0.3 is 0 Å². The molecule has 1 N–H and O–H groups in total. The zero-order valence-corrected chi connectivity index (χ0v) is 15.6. The van der Waals surface area contributed by atoms with Gasteiger partial charge in [-0.1, -0.05) is 17.7 Å². The van der Waals surface area contributed by atoms with Crippen LogP contribution in [0.2, 0.25) is 0 Å². The third-order valence-electron chi connectivity index (χ3n) is 5.11.